The maximum absolute atomic E-state index is 11.9. The van der Waals surface area contributed by atoms with Crippen molar-refractivity contribution in [3.8, 4) is 0 Å². The molecule has 2 rings (SSSR count). The highest BCUT2D eigenvalue weighted by atomic mass is 16.4. The predicted octanol–water partition coefficient (Wildman–Crippen LogP) is 1.13. The van der Waals surface area contributed by atoms with Crippen molar-refractivity contribution < 1.29 is 14.7 Å². The van der Waals surface area contributed by atoms with Crippen LogP contribution in [-0.2, 0) is 11.3 Å². The van der Waals surface area contributed by atoms with Gasteiger partial charge in [-0.2, -0.15) is 0 Å². The van der Waals surface area contributed by atoms with Gasteiger partial charge in [-0.25, -0.2) is 4.79 Å². The third-order valence-corrected chi connectivity index (χ3v) is 3.57. The zero-order chi connectivity index (χ0) is 13.8. The summed E-state index contributed by atoms with van der Waals surface area (Å²) in [5.74, 6) is -1.04. The minimum absolute atomic E-state index is 0.00712. The number of hydrogen-bond acceptors (Lipinski definition) is 3. The van der Waals surface area contributed by atoms with E-state index in [4.69, 9.17) is 10.8 Å². The van der Waals surface area contributed by atoms with Gasteiger partial charge in [0.25, 0.3) is 0 Å². The van der Waals surface area contributed by atoms with Crippen LogP contribution in [0.3, 0.4) is 0 Å². The first-order valence-corrected chi connectivity index (χ1v) is 6.43. The molecule has 1 amide bonds. The summed E-state index contributed by atoms with van der Waals surface area (Å²) in [7, 11) is 0. The topological polar surface area (TPSA) is 92.4 Å². The fourth-order valence-electron chi connectivity index (χ4n) is 2.40. The summed E-state index contributed by atoms with van der Waals surface area (Å²) in [6, 6.07) is 6.45. The van der Waals surface area contributed by atoms with Crippen LogP contribution < -0.4 is 11.1 Å². The number of benzene rings is 1. The van der Waals surface area contributed by atoms with Crippen LogP contribution in [0.1, 0.15) is 35.2 Å². The van der Waals surface area contributed by atoms with Gasteiger partial charge in [0.2, 0.25) is 5.91 Å². The summed E-state index contributed by atoms with van der Waals surface area (Å²) in [5, 5.41) is 11.6. The summed E-state index contributed by atoms with van der Waals surface area (Å²) in [4.78, 5) is 22.6. The number of carbonyl (C=O) groups excluding carboxylic acids is 1. The molecule has 2 unspecified atom stereocenters. The maximum Gasteiger partial charge on any atom is 0.335 e. The van der Waals surface area contributed by atoms with E-state index in [1.54, 1.807) is 12.1 Å². The normalized spacial score (nSPS) is 22.2. The molecule has 5 nitrogen and oxygen atoms in total. The smallest absolute Gasteiger partial charge is 0.335 e. The largest absolute Gasteiger partial charge is 0.478 e. The Morgan fingerprint density at radius 3 is 2.47 bits per heavy atom. The Hall–Kier alpha value is -1.88. The molecule has 1 aliphatic carbocycles. The van der Waals surface area contributed by atoms with Crippen LogP contribution in [0.4, 0.5) is 0 Å². The van der Waals surface area contributed by atoms with E-state index in [0.29, 0.717) is 6.54 Å². The molecule has 1 fully saturated rings. The second-order valence-electron chi connectivity index (χ2n) is 4.92. The molecule has 2 atom stereocenters. The summed E-state index contributed by atoms with van der Waals surface area (Å²) in [5.41, 5.74) is 7.00. The second kappa shape index (κ2) is 5.84. The quantitative estimate of drug-likeness (QED) is 0.758. The van der Waals surface area contributed by atoms with E-state index in [2.05, 4.69) is 5.32 Å². The van der Waals surface area contributed by atoms with Crippen LogP contribution in [-0.4, -0.2) is 23.0 Å². The van der Waals surface area contributed by atoms with Crippen LogP contribution >= 0.6 is 0 Å². The van der Waals surface area contributed by atoms with E-state index in [1.807, 2.05) is 0 Å². The molecule has 0 aliphatic heterocycles. The number of amides is 1. The zero-order valence-electron chi connectivity index (χ0n) is 10.6. The van der Waals surface area contributed by atoms with Crippen molar-refractivity contribution in [1.82, 2.24) is 5.32 Å². The molecule has 0 saturated heterocycles. The molecule has 0 bridgehead atoms. The number of carboxylic acids is 1. The Bertz CT molecular complexity index is 470. The third kappa shape index (κ3) is 3.32. The van der Waals surface area contributed by atoms with E-state index in [9.17, 15) is 9.59 Å². The van der Waals surface area contributed by atoms with Gasteiger partial charge < -0.3 is 16.2 Å². The fraction of sp³-hybridized carbons (Fsp3) is 0.429. The standard InChI is InChI=1S/C14H18N2O3/c15-12-3-1-2-11(12)13(17)16-8-9-4-6-10(7-5-9)14(18)19/h4-7,11-12H,1-3,8,15H2,(H,16,17)(H,18,19). The molecule has 102 valence electrons. The van der Waals surface area contributed by atoms with Crippen LogP contribution in [0, 0.1) is 5.92 Å². The predicted molar refractivity (Wildman–Crippen MR) is 70.6 cm³/mol. The lowest BCUT2D eigenvalue weighted by Gasteiger charge is -2.15. The highest BCUT2D eigenvalue weighted by Crippen LogP contribution is 2.24. The molecule has 1 aromatic rings. The molecule has 1 saturated carbocycles. The SMILES string of the molecule is NC1CCCC1C(=O)NCc1ccc(C(=O)O)cc1. The molecule has 1 aliphatic rings. The van der Waals surface area contributed by atoms with Crippen molar-refractivity contribution in [2.75, 3.05) is 0 Å². The van der Waals surface area contributed by atoms with E-state index in [1.165, 1.54) is 12.1 Å². The molecule has 5 heteroatoms. The van der Waals surface area contributed by atoms with Crippen LogP contribution in [0.5, 0.6) is 0 Å². The van der Waals surface area contributed by atoms with E-state index >= 15 is 0 Å². The van der Waals surface area contributed by atoms with Crippen LogP contribution in [0.25, 0.3) is 0 Å². The molecular weight excluding hydrogens is 244 g/mol. The van der Waals surface area contributed by atoms with Crippen molar-refractivity contribution in [3.05, 3.63) is 35.4 Å². The van der Waals surface area contributed by atoms with Gasteiger partial charge in [-0.15, -0.1) is 0 Å². The van der Waals surface area contributed by atoms with Gasteiger partial charge in [0.1, 0.15) is 0 Å². The first-order valence-electron chi connectivity index (χ1n) is 6.43. The van der Waals surface area contributed by atoms with Gasteiger partial charge in [0, 0.05) is 12.6 Å². The Kier molecular flexibility index (Phi) is 4.16. The summed E-state index contributed by atoms with van der Waals surface area (Å²) >= 11 is 0. The lowest BCUT2D eigenvalue weighted by Crippen LogP contribution is -2.38. The average Bonchev–Trinajstić information content (AvgIpc) is 2.83. The molecule has 0 heterocycles. The van der Waals surface area contributed by atoms with Crippen molar-refractivity contribution in [3.63, 3.8) is 0 Å². The van der Waals surface area contributed by atoms with Gasteiger partial charge in [-0.1, -0.05) is 18.6 Å². The monoisotopic (exact) mass is 262 g/mol. The Labute approximate surface area is 111 Å². The van der Waals surface area contributed by atoms with Crippen molar-refractivity contribution in [1.29, 1.82) is 0 Å². The molecular formula is C14H18N2O3. The Morgan fingerprint density at radius 1 is 1.26 bits per heavy atom. The van der Waals surface area contributed by atoms with Gasteiger partial charge in [0.15, 0.2) is 0 Å². The van der Waals surface area contributed by atoms with E-state index < -0.39 is 5.97 Å². The highest BCUT2D eigenvalue weighted by molar-refractivity contribution is 5.87. The number of carboxylic acid groups (broad SMARTS) is 1. The number of nitrogens with two attached hydrogens (primary N) is 1. The van der Waals surface area contributed by atoms with Crippen LogP contribution in [0.2, 0.25) is 0 Å². The first-order chi connectivity index (χ1) is 9.08. The van der Waals surface area contributed by atoms with Gasteiger partial charge >= 0.3 is 5.97 Å². The van der Waals surface area contributed by atoms with Gasteiger partial charge in [-0.3, -0.25) is 4.79 Å². The Morgan fingerprint density at radius 2 is 1.95 bits per heavy atom. The number of carbonyl (C=O) groups is 2. The fourth-order valence-corrected chi connectivity index (χ4v) is 2.40. The van der Waals surface area contributed by atoms with E-state index in [-0.39, 0.29) is 23.4 Å². The zero-order valence-corrected chi connectivity index (χ0v) is 10.6. The number of aromatic carboxylic acids is 1. The maximum atomic E-state index is 11.9. The van der Waals surface area contributed by atoms with E-state index in [0.717, 1.165) is 24.8 Å². The summed E-state index contributed by atoms with van der Waals surface area (Å²) in [6.07, 6.45) is 2.77. The van der Waals surface area contributed by atoms with Crippen molar-refractivity contribution in [2.24, 2.45) is 11.7 Å². The number of hydrogen-bond donors (Lipinski definition) is 3. The lowest BCUT2D eigenvalue weighted by atomic mass is 10.0. The minimum atomic E-state index is -0.951. The summed E-state index contributed by atoms with van der Waals surface area (Å²) in [6.45, 7) is 0.405. The molecule has 0 aromatic heterocycles. The van der Waals surface area contributed by atoms with Crippen molar-refractivity contribution in [2.45, 2.75) is 31.8 Å². The number of rotatable bonds is 4. The third-order valence-electron chi connectivity index (χ3n) is 3.57. The molecule has 1 aromatic carbocycles. The van der Waals surface area contributed by atoms with Gasteiger partial charge in [-0.05, 0) is 30.5 Å². The van der Waals surface area contributed by atoms with Gasteiger partial charge in [0.05, 0.1) is 11.5 Å². The number of nitrogens with one attached hydrogen (secondary N) is 1. The molecule has 19 heavy (non-hydrogen) atoms. The van der Waals surface area contributed by atoms with Crippen molar-refractivity contribution >= 4 is 11.9 Å². The van der Waals surface area contributed by atoms with Crippen LogP contribution in [0.15, 0.2) is 24.3 Å². The highest BCUT2D eigenvalue weighted by Gasteiger charge is 2.29. The minimum Gasteiger partial charge on any atom is -0.478 e. The second-order valence-corrected chi connectivity index (χ2v) is 4.92. The molecule has 4 N–H and O–H groups in total. The lowest BCUT2D eigenvalue weighted by molar-refractivity contribution is -0.125. The Balaban J connectivity index is 1.88. The molecule has 0 radical (unpaired) electrons. The molecule has 0 spiro atoms. The first kappa shape index (κ1) is 13.5. The summed E-state index contributed by atoms with van der Waals surface area (Å²) < 4.78 is 0. The average molecular weight is 262 g/mol.